The molecule has 1 N–H and O–H groups in total. The number of carbonyl (C=O) groups excluding carboxylic acids is 2. The molecule has 0 aromatic rings. The summed E-state index contributed by atoms with van der Waals surface area (Å²) >= 11 is 0. The SMILES string of the molecule is CCCCOC(=O)C(O)C(=O)CCCC#N. The molecule has 1 unspecified atom stereocenters. The molecule has 0 aromatic heterocycles. The Kier molecular flexibility index (Phi) is 8.08. The highest BCUT2D eigenvalue weighted by atomic mass is 16.5. The van der Waals surface area contributed by atoms with Crippen molar-refractivity contribution < 1.29 is 19.4 Å². The molecule has 0 aliphatic heterocycles. The van der Waals surface area contributed by atoms with Gasteiger partial charge in [-0.15, -0.1) is 0 Å². The van der Waals surface area contributed by atoms with Crippen molar-refractivity contribution in [3.8, 4) is 6.07 Å². The number of carbonyl (C=O) groups is 2. The number of Topliss-reactive ketones (excluding diaryl/α,β-unsaturated/α-hetero) is 1. The average molecular weight is 227 g/mol. The topological polar surface area (TPSA) is 87.4 Å². The number of rotatable bonds is 8. The molecule has 5 nitrogen and oxygen atoms in total. The van der Waals surface area contributed by atoms with E-state index in [1.165, 1.54) is 0 Å². The van der Waals surface area contributed by atoms with Crippen LogP contribution in [0.1, 0.15) is 39.0 Å². The molecule has 1 atom stereocenters. The van der Waals surface area contributed by atoms with Crippen molar-refractivity contribution in [1.29, 1.82) is 5.26 Å². The Morgan fingerprint density at radius 1 is 1.44 bits per heavy atom. The molecule has 0 saturated heterocycles. The summed E-state index contributed by atoms with van der Waals surface area (Å²) in [6.07, 6.45) is 0.506. The largest absolute Gasteiger partial charge is 0.463 e. The molecule has 0 aliphatic carbocycles. The second-order valence-corrected chi connectivity index (χ2v) is 3.40. The van der Waals surface area contributed by atoms with Crippen molar-refractivity contribution in [2.24, 2.45) is 0 Å². The summed E-state index contributed by atoms with van der Waals surface area (Å²) in [5.41, 5.74) is 0. The number of ketones is 1. The lowest BCUT2D eigenvalue weighted by molar-refractivity contribution is -0.157. The van der Waals surface area contributed by atoms with Crippen LogP contribution in [0.5, 0.6) is 0 Å². The van der Waals surface area contributed by atoms with Gasteiger partial charge in [0.2, 0.25) is 6.10 Å². The first-order valence-electron chi connectivity index (χ1n) is 5.37. The van der Waals surface area contributed by atoms with Crippen LogP contribution in [0, 0.1) is 11.3 Å². The molecular formula is C11H17NO4. The van der Waals surface area contributed by atoms with Crippen molar-refractivity contribution in [2.75, 3.05) is 6.61 Å². The molecular weight excluding hydrogens is 210 g/mol. The molecule has 0 bridgehead atoms. The van der Waals surface area contributed by atoms with Crippen molar-refractivity contribution in [2.45, 2.75) is 45.1 Å². The van der Waals surface area contributed by atoms with Crippen molar-refractivity contribution >= 4 is 11.8 Å². The maximum atomic E-state index is 11.2. The van der Waals surface area contributed by atoms with Crippen molar-refractivity contribution in [3.63, 3.8) is 0 Å². The number of nitrogens with zero attached hydrogens (tertiary/aromatic N) is 1. The Hall–Kier alpha value is -1.41. The zero-order valence-corrected chi connectivity index (χ0v) is 9.44. The Balaban J connectivity index is 3.83. The van der Waals surface area contributed by atoms with Crippen LogP contribution in [0.3, 0.4) is 0 Å². The number of hydrogen-bond donors (Lipinski definition) is 1. The zero-order valence-electron chi connectivity index (χ0n) is 9.44. The molecule has 0 saturated carbocycles. The van der Waals surface area contributed by atoms with Gasteiger partial charge in [-0.1, -0.05) is 13.3 Å². The van der Waals surface area contributed by atoms with E-state index >= 15 is 0 Å². The monoisotopic (exact) mass is 227 g/mol. The molecule has 0 amide bonds. The molecule has 0 fully saturated rings. The number of unbranched alkanes of at least 4 members (excludes halogenated alkanes) is 2. The van der Waals surface area contributed by atoms with E-state index in [0.29, 0.717) is 12.8 Å². The highest BCUT2D eigenvalue weighted by Crippen LogP contribution is 2.01. The third kappa shape index (κ3) is 6.14. The van der Waals surface area contributed by atoms with E-state index in [1.807, 2.05) is 13.0 Å². The summed E-state index contributed by atoms with van der Waals surface area (Å²) in [6.45, 7) is 2.16. The molecule has 90 valence electrons. The molecule has 0 rings (SSSR count). The van der Waals surface area contributed by atoms with Gasteiger partial charge < -0.3 is 9.84 Å². The van der Waals surface area contributed by atoms with E-state index in [1.54, 1.807) is 0 Å². The number of hydrogen-bond acceptors (Lipinski definition) is 5. The summed E-state index contributed by atoms with van der Waals surface area (Å²) in [5.74, 6) is -1.48. The standard InChI is InChI=1S/C11H17NO4/c1-2-3-8-16-11(15)10(14)9(13)6-4-5-7-12/h10,14H,2-6,8H2,1H3. The third-order valence-electron chi connectivity index (χ3n) is 1.98. The smallest absolute Gasteiger partial charge is 0.342 e. The first-order valence-corrected chi connectivity index (χ1v) is 5.37. The molecule has 16 heavy (non-hydrogen) atoms. The second kappa shape index (κ2) is 8.86. The van der Waals surface area contributed by atoms with E-state index < -0.39 is 17.9 Å². The first kappa shape index (κ1) is 14.6. The highest BCUT2D eigenvalue weighted by Gasteiger charge is 2.24. The first-order chi connectivity index (χ1) is 7.63. The number of esters is 1. The second-order valence-electron chi connectivity index (χ2n) is 3.40. The Labute approximate surface area is 95.0 Å². The zero-order chi connectivity index (χ0) is 12.4. The molecule has 0 heterocycles. The van der Waals surface area contributed by atoms with E-state index in [4.69, 9.17) is 10.00 Å². The summed E-state index contributed by atoms with van der Waals surface area (Å²) in [4.78, 5) is 22.4. The maximum Gasteiger partial charge on any atom is 0.342 e. The summed E-state index contributed by atoms with van der Waals surface area (Å²) in [5, 5.41) is 17.5. The fraction of sp³-hybridized carbons (Fsp3) is 0.727. The number of aliphatic hydroxyl groups excluding tert-OH is 1. The van der Waals surface area contributed by atoms with Gasteiger partial charge in [-0.25, -0.2) is 4.79 Å². The average Bonchev–Trinajstić information content (AvgIpc) is 2.28. The summed E-state index contributed by atoms with van der Waals surface area (Å²) in [7, 11) is 0. The van der Waals surface area contributed by atoms with Gasteiger partial charge >= 0.3 is 5.97 Å². The van der Waals surface area contributed by atoms with Crippen LogP contribution in [0.15, 0.2) is 0 Å². The molecule has 5 heteroatoms. The molecule has 0 radical (unpaired) electrons. The van der Waals surface area contributed by atoms with Crippen LogP contribution in [0.25, 0.3) is 0 Å². The van der Waals surface area contributed by atoms with Crippen LogP contribution in [-0.2, 0) is 14.3 Å². The lowest BCUT2D eigenvalue weighted by atomic mass is 10.1. The van der Waals surface area contributed by atoms with Gasteiger partial charge in [0.1, 0.15) is 0 Å². The molecule has 0 aliphatic rings. The van der Waals surface area contributed by atoms with Crippen molar-refractivity contribution in [3.05, 3.63) is 0 Å². The van der Waals surface area contributed by atoms with Crippen LogP contribution in [-0.4, -0.2) is 29.6 Å². The lowest BCUT2D eigenvalue weighted by Gasteiger charge is -2.08. The fourth-order valence-corrected chi connectivity index (χ4v) is 1.01. The van der Waals surface area contributed by atoms with Crippen LogP contribution >= 0.6 is 0 Å². The summed E-state index contributed by atoms with van der Waals surface area (Å²) in [6, 6.07) is 1.88. The van der Waals surface area contributed by atoms with E-state index in [0.717, 1.165) is 6.42 Å². The van der Waals surface area contributed by atoms with Gasteiger partial charge in [0.05, 0.1) is 12.7 Å². The minimum absolute atomic E-state index is 0.0254. The van der Waals surface area contributed by atoms with Gasteiger partial charge in [-0.05, 0) is 12.8 Å². The minimum atomic E-state index is -1.70. The van der Waals surface area contributed by atoms with Crippen LogP contribution in [0.2, 0.25) is 0 Å². The predicted molar refractivity (Wildman–Crippen MR) is 56.3 cm³/mol. The van der Waals surface area contributed by atoms with E-state index in [2.05, 4.69) is 0 Å². The minimum Gasteiger partial charge on any atom is -0.463 e. The quantitative estimate of drug-likeness (QED) is 0.379. The lowest BCUT2D eigenvalue weighted by Crippen LogP contribution is -2.31. The van der Waals surface area contributed by atoms with Crippen LogP contribution < -0.4 is 0 Å². The number of aliphatic hydroxyl groups is 1. The number of nitriles is 1. The van der Waals surface area contributed by atoms with Gasteiger partial charge in [-0.2, -0.15) is 5.26 Å². The molecule has 0 spiro atoms. The van der Waals surface area contributed by atoms with Crippen molar-refractivity contribution in [1.82, 2.24) is 0 Å². The fourth-order valence-electron chi connectivity index (χ4n) is 1.01. The Bertz CT molecular complexity index is 270. The van der Waals surface area contributed by atoms with E-state index in [-0.39, 0.29) is 19.4 Å². The van der Waals surface area contributed by atoms with Gasteiger partial charge in [0.15, 0.2) is 5.78 Å². The third-order valence-corrected chi connectivity index (χ3v) is 1.98. The maximum absolute atomic E-state index is 11.2. The summed E-state index contributed by atoms with van der Waals surface area (Å²) < 4.78 is 4.70. The molecule has 0 aromatic carbocycles. The predicted octanol–water partition coefficient (Wildman–Crippen LogP) is 0.954. The van der Waals surface area contributed by atoms with Gasteiger partial charge in [0.25, 0.3) is 0 Å². The normalized spacial score (nSPS) is 11.6. The Morgan fingerprint density at radius 3 is 2.69 bits per heavy atom. The number of ether oxygens (including phenoxy) is 1. The van der Waals surface area contributed by atoms with Gasteiger partial charge in [-0.3, -0.25) is 4.79 Å². The Morgan fingerprint density at radius 2 is 2.12 bits per heavy atom. The van der Waals surface area contributed by atoms with E-state index in [9.17, 15) is 14.7 Å². The highest BCUT2D eigenvalue weighted by molar-refractivity contribution is 6.01. The van der Waals surface area contributed by atoms with Crippen LogP contribution in [0.4, 0.5) is 0 Å². The van der Waals surface area contributed by atoms with Gasteiger partial charge in [0, 0.05) is 12.8 Å².